The van der Waals surface area contributed by atoms with Crippen LogP contribution in [0.4, 0.5) is 0 Å². The first-order valence-corrected chi connectivity index (χ1v) is 8.04. The van der Waals surface area contributed by atoms with E-state index in [1.54, 1.807) is 11.1 Å². The molecule has 0 amide bonds. The summed E-state index contributed by atoms with van der Waals surface area (Å²) in [4.78, 5) is 2.57. The van der Waals surface area contributed by atoms with Gasteiger partial charge >= 0.3 is 0 Å². The lowest BCUT2D eigenvalue weighted by Crippen LogP contribution is -2.57. The first-order valence-electron chi connectivity index (χ1n) is 8.04. The molecular formula is C18H30N2. The number of hydrogen-bond donors (Lipinski definition) is 1. The quantitative estimate of drug-likeness (QED) is 0.819. The highest BCUT2D eigenvalue weighted by Crippen LogP contribution is 2.39. The van der Waals surface area contributed by atoms with Crippen molar-refractivity contribution in [3.05, 3.63) is 35.4 Å². The normalized spacial score (nSPS) is 19.6. The van der Waals surface area contributed by atoms with E-state index in [-0.39, 0.29) is 5.54 Å². The van der Waals surface area contributed by atoms with E-state index in [0.717, 1.165) is 19.0 Å². The molecule has 2 rings (SSSR count). The summed E-state index contributed by atoms with van der Waals surface area (Å²) in [5.41, 5.74) is 3.32. The van der Waals surface area contributed by atoms with E-state index in [1.807, 2.05) is 0 Å². The Labute approximate surface area is 124 Å². The molecule has 1 aliphatic rings. The highest BCUT2D eigenvalue weighted by molar-refractivity contribution is 5.40. The van der Waals surface area contributed by atoms with Gasteiger partial charge in [-0.1, -0.05) is 38.1 Å². The first kappa shape index (κ1) is 15.5. The molecule has 112 valence electrons. The van der Waals surface area contributed by atoms with Crippen LogP contribution in [0.5, 0.6) is 0 Å². The van der Waals surface area contributed by atoms with Crippen molar-refractivity contribution in [2.45, 2.75) is 58.0 Å². The Bertz CT molecular complexity index is 435. The summed E-state index contributed by atoms with van der Waals surface area (Å²) in [5.74, 6) is 0.735. The van der Waals surface area contributed by atoms with Crippen molar-refractivity contribution in [1.82, 2.24) is 10.2 Å². The van der Waals surface area contributed by atoms with Gasteiger partial charge in [0.15, 0.2) is 0 Å². The van der Waals surface area contributed by atoms with Gasteiger partial charge in [0, 0.05) is 11.6 Å². The third kappa shape index (κ3) is 2.77. The van der Waals surface area contributed by atoms with Crippen molar-refractivity contribution in [2.24, 2.45) is 0 Å². The summed E-state index contributed by atoms with van der Waals surface area (Å²) in [6.07, 6.45) is 2.49. The van der Waals surface area contributed by atoms with Gasteiger partial charge in [0.25, 0.3) is 0 Å². The lowest BCUT2D eigenvalue weighted by atomic mass is 9.72. The lowest BCUT2D eigenvalue weighted by molar-refractivity contribution is 0.0864. The standard InChI is InChI=1S/C18H30N2/c1-6-20(7-2)18(3,4)17(19-5)13-15-12-14-10-8-9-11-16(14)15/h8-11,15,17,19H,6-7,12-13H2,1-5H3. The fraction of sp³-hybridized carbons (Fsp3) is 0.667. The van der Waals surface area contributed by atoms with E-state index >= 15 is 0 Å². The molecule has 1 N–H and O–H groups in total. The summed E-state index contributed by atoms with van der Waals surface area (Å²) in [7, 11) is 2.11. The van der Waals surface area contributed by atoms with Gasteiger partial charge in [0.05, 0.1) is 0 Å². The minimum Gasteiger partial charge on any atom is -0.315 e. The van der Waals surface area contributed by atoms with E-state index in [2.05, 4.69) is 69.2 Å². The second kappa shape index (κ2) is 6.28. The Morgan fingerprint density at radius 1 is 1.25 bits per heavy atom. The molecule has 0 aromatic heterocycles. The van der Waals surface area contributed by atoms with Gasteiger partial charge in [-0.25, -0.2) is 0 Å². The molecule has 1 aromatic rings. The van der Waals surface area contributed by atoms with Crippen molar-refractivity contribution >= 4 is 0 Å². The zero-order chi connectivity index (χ0) is 14.8. The number of benzene rings is 1. The molecule has 0 saturated carbocycles. The van der Waals surface area contributed by atoms with Crippen LogP contribution in [-0.2, 0) is 6.42 Å². The van der Waals surface area contributed by atoms with E-state index in [4.69, 9.17) is 0 Å². The average Bonchev–Trinajstić information content (AvgIpc) is 2.41. The van der Waals surface area contributed by atoms with Crippen molar-refractivity contribution in [1.29, 1.82) is 0 Å². The van der Waals surface area contributed by atoms with Gasteiger partial charge in [0.2, 0.25) is 0 Å². The molecule has 2 unspecified atom stereocenters. The molecule has 20 heavy (non-hydrogen) atoms. The molecule has 0 saturated heterocycles. The average molecular weight is 274 g/mol. The van der Waals surface area contributed by atoms with Crippen LogP contribution in [-0.4, -0.2) is 36.6 Å². The highest BCUT2D eigenvalue weighted by atomic mass is 15.2. The maximum absolute atomic E-state index is 3.58. The minimum atomic E-state index is 0.197. The van der Waals surface area contributed by atoms with Gasteiger partial charge in [-0.2, -0.15) is 0 Å². The summed E-state index contributed by atoms with van der Waals surface area (Å²) in [5, 5.41) is 3.58. The van der Waals surface area contributed by atoms with Gasteiger partial charge in [0.1, 0.15) is 0 Å². The lowest BCUT2D eigenvalue weighted by Gasteiger charge is -2.46. The van der Waals surface area contributed by atoms with E-state index in [1.165, 1.54) is 12.8 Å². The number of likely N-dealkylation sites (N-methyl/N-ethyl adjacent to an activating group) is 2. The van der Waals surface area contributed by atoms with Crippen LogP contribution < -0.4 is 5.32 Å². The predicted molar refractivity (Wildman–Crippen MR) is 87.4 cm³/mol. The second-order valence-corrected chi connectivity index (χ2v) is 6.50. The Balaban J connectivity index is 2.07. The molecule has 2 nitrogen and oxygen atoms in total. The molecule has 0 fully saturated rings. The molecule has 0 bridgehead atoms. The molecule has 1 aromatic carbocycles. The largest absolute Gasteiger partial charge is 0.315 e. The van der Waals surface area contributed by atoms with Crippen LogP contribution in [0.25, 0.3) is 0 Å². The molecule has 0 spiro atoms. The molecule has 2 heteroatoms. The van der Waals surface area contributed by atoms with Crippen molar-refractivity contribution in [2.75, 3.05) is 20.1 Å². The Kier molecular flexibility index (Phi) is 4.87. The van der Waals surface area contributed by atoms with Crippen LogP contribution in [0, 0.1) is 0 Å². The van der Waals surface area contributed by atoms with Crippen molar-refractivity contribution in [3.8, 4) is 0 Å². The molecule has 1 aliphatic carbocycles. The number of fused-ring (bicyclic) bond motifs is 1. The van der Waals surface area contributed by atoms with Gasteiger partial charge < -0.3 is 5.32 Å². The third-order valence-corrected chi connectivity index (χ3v) is 5.26. The zero-order valence-electron chi connectivity index (χ0n) is 13.7. The molecule has 2 atom stereocenters. The number of hydrogen-bond acceptors (Lipinski definition) is 2. The molecule has 0 radical (unpaired) electrons. The van der Waals surface area contributed by atoms with E-state index in [0.29, 0.717) is 6.04 Å². The van der Waals surface area contributed by atoms with Crippen molar-refractivity contribution in [3.63, 3.8) is 0 Å². The van der Waals surface area contributed by atoms with E-state index < -0.39 is 0 Å². The molecule has 0 aliphatic heterocycles. The maximum Gasteiger partial charge on any atom is 0.0306 e. The SMILES string of the molecule is CCN(CC)C(C)(C)C(CC1Cc2ccccc21)NC. The van der Waals surface area contributed by atoms with Crippen LogP contribution in [0.15, 0.2) is 24.3 Å². The summed E-state index contributed by atoms with van der Waals surface area (Å²) >= 11 is 0. The van der Waals surface area contributed by atoms with Crippen LogP contribution in [0.3, 0.4) is 0 Å². The second-order valence-electron chi connectivity index (χ2n) is 6.50. The highest BCUT2D eigenvalue weighted by Gasteiger charge is 2.37. The summed E-state index contributed by atoms with van der Waals surface area (Å²) in [6, 6.07) is 9.44. The third-order valence-electron chi connectivity index (χ3n) is 5.26. The topological polar surface area (TPSA) is 15.3 Å². The Morgan fingerprint density at radius 3 is 2.45 bits per heavy atom. The smallest absolute Gasteiger partial charge is 0.0306 e. The van der Waals surface area contributed by atoms with Crippen LogP contribution in [0.1, 0.15) is 51.2 Å². The minimum absolute atomic E-state index is 0.197. The van der Waals surface area contributed by atoms with Crippen LogP contribution in [0.2, 0.25) is 0 Å². The Hall–Kier alpha value is -0.860. The van der Waals surface area contributed by atoms with Gasteiger partial charge in [-0.05, 0) is 63.9 Å². The summed E-state index contributed by atoms with van der Waals surface area (Å²) in [6.45, 7) is 11.5. The first-order chi connectivity index (χ1) is 9.54. The predicted octanol–water partition coefficient (Wildman–Crippen LogP) is 3.42. The summed E-state index contributed by atoms with van der Waals surface area (Å²) < 4.78 is 0. The monoisotopic (exact) mass is 274 g/mol. The fourth-order valence-corrected chi connectivity index (χ4v) is 3.88. The van der Waals surface area contributed by atoms with E-state index in [9.17, 15) is 0 Å². The Morgan fingerprint density at radius 2 is 1.90 bits per heavy atom. The number of rotatable bonds is 7. The van der Waals surface area contributed by atoms with Crippen molar-refractivity contribution < 1.29 is 0 Å². The number of nitrogens with one attached hydrogen (secondary N) is 1. The van der Waals surface area contributed by atoms with Crippen LogP contribution >= 0.6 is 0 Å². The zero-order valence-corrected chi connectivity index (χ0v) is 13.7. The molecule has 0 heterocycles. The maximum atomic E-state index is 3.58. The number of nitrogens with zero attached hydrogens (tertiary/aromatic N) is 1. The fourth-order valence-electron chi connectivity index (χ4n) is 3.88. The van der Waals surface area contributed by atoms with Gasteiger partial charge in [-0.3, -0.25) is 4.90 Å². The molecular weight excluding hydrogens is 244 g/mol. The van der Waals surface area contributed by atoms with Gasteiger partial charge in [-0.15, -0.1) is 0 Å².